The van der Waals surface area contributed by atoms with Crippen LogP contribution in [0.15, 0.2) is 0 Å². The minimum absolute atomic E-state index is 0.565. The van der Waals surface area contributed by atoms with E-state index >= 15 is 0 Å². The second-order valence-corrected chi connectivity index (χ2v) is 6.01. The SMILES string of the molecule is CNC1CCOCC1N1CCN(CCN(C)C)CC1. The normalized spacial score (nSPS) is 30.9. The predicted molar refractivity (Wildman–Crippen MR) is 78.6 cm³/mol. The molecule has 0 amide bonds. The third-order valence-electron chi connectivity index (χ3n) is 4.44. The van der Waals surface area contributed by atoms with Crippen LogP contribution >= 0.6 is 0 Å². The molecule has 0 saturated carbocycles. The Kier molecular flexibility index (Phi) is 6.04. The summed E-state index contributed by atoms with van der Waals surface area (Å²) >= 11 is 0. The maximum Gasteiger partial charge on any atom is 0.0637 e. The number of piperazine rings is 1. The summed E-state index contributed by atoms with van der Waals surface area (Å²) in [6.45, 7) is 8.90. The molecule has 5 nitrogen and oxygen atoms in total. The van der Waals surface area contributed by atoms with Gasteiger partial charge in [-0.2, -0.15) is 0 Å². The molecular formula is C14H30N4O. The van der Waals surface area contributed by atoms with Gasteiger partial charge < -0.3 is 15.0 Å². The average Bonchev–Trinajstić information content (AvgIpc) is 2.45. The molecule has 0 radical (unpaired) electrons. The van der Waals surface area contributed by atoms with Crippen molar-refractivity contribution in [3.8, 4) is 0 Å². The molecule has 1 N–H and O–H groups in total. The first-order chi connectivity index (χ1) is 9.20. The lowest BCUT2D eigenvalue weighted by molar-refractivity contribution is -0.0189. The average molecular weight is 270 g/mol. The van der Waals surface area contributed by atoms with Crippen LogP contribution in [0.4, 0.5) is 0 Å². The standard InChI is InChI=1S/C14H30N4O/c1-15-13-4-11-19-12-14(13)18-9-7-17(8-10-18)6-5-16(2)3/h13-15H,4-12H2,1-3H3. The zero-order valence-electron chi connectivity index (χ0n) is 12.8. The molecule has 2 aliphatic rings. The Morgan fingerprint density at radius 3 is 2.58 bits per heavy atom. The summed E-state index contributed by atoms with van der Waals surface area (Å²) in [5.74, 6) is 0. The fraction of sp³-hybridized carbons (Fsp3) is 1.00. The number of hydrogen-bond donors (Lipinski definition) is 1. The summed E-state index contributed by atoms with van der Waals surface area (Å²) in [6, 6.07) is 1.16. The topological polar surface area (TPSA) is 31.0 Å². The van der Waals surface area contributed by atoms with E-state index in [9.17, 15) is 0 Å². The molecule has 5 heteroatoms. The number of nitrogens with one attached hydrogen (secondary N) is 1. The van der Waals surface area contributed by atoms with Gasteiger partial charge in [-0.3, -0.25) is 9.80 Å². The van der Waals surface area contributed by atoms with Crippen LogP contribution in [-0.4, -0.2) is 100 Å². The highest BCUT2D eigenvalue weighted by Crippen LogP contribution is 2.16. The van der Waals surface area contributed by atoms with Crippen LogP contribution in [-0.2, 0) is 4.74 Å². The number of nitrogens with zero attached hydrogens (tertiary/aromatic N) is 3. The molecule has 0 spiro atoms. The van der Waals surface area contributed by atoms with Gasteiger partial charge in [0.25, 0.3) is 0 Å². The van der Waals surface area contributed by atoms with Gasteiger partial charge in [-0.25, -0.2) is 0 Å². The molecule has 2 aliphatic heterocycles. The molecule has 2 atom stereocenters. The monoisotopic (exact) mass is 270 g/mol. The first kappa shape index (κ1) is 15.2. The number of hydrogen-bond acceptors (Lipinski definition) is 5. The van der Waals surface area contributed by atoms with E-state index in [2.05, 4.69) is 41.2 Å². The second-order valence-electron chi connectivity index (χ2n) is 6.01. The molecule has 2 unspecified atom stereocenters. The Bertz CT molecular complexity index is 254. The summed E-state index contributed by atoms with van der Waals surface area (Å²) in [5.41, 5.74) is 0. The van der Waals surface area contributed by atoms with Crippen LogP contribution in [0.2, 0.25) is 0 Å². The fourth-order valence-electron chi connectivity index (χ4n) is 3.08. The van der Waals surface area contributed by atoms with Crippen LogP contribution < -0.4 is 5.32 Å². The second kappa shape index (κ2) is 7.55. The Morgan fingerprint density at radius 2 is 1.95 bits per heavy atom. The van der Waals surface area contributed by atoms with Gasteiger partial charge in [0.1, 0.15) is 0 Å². The van der Waals surface area contributed by atoms with E-state index in [4.69, 9.17) is 4.74 Å². The van der Waals surface area contributed by atoms with Gasteiger partial charge >= 0.3 is 0 Å². The molecule has 0 bridgehead atoms. The van der Waals surface area contributed by atoms with Crippen molar-refractivity contribution < 1.29 is 4.74 Å². The smallest absolute Gasteiger partial charge is 0.0637 e. The molecule has 19 heavy (non-hydrogen) atoms. The minimum atomic E-state index is 0.565. The van der Waals surface area contributed by atoms with Gasteiger partial charge in [0.05, 0.1) is 6.61 Å². The summed E-state index contributed by atoms with van der Waals surface area (Å²) in [4.78, 5) is 7.46. The fourth-order valence-corrected chi connectivity index (χ4v) is 3.08. The summed E-state index contributed by atoms with van der Waals surface area (Å²) in [5, 5.41) is 3.46. The molecule has 2 heterocycles. The van der Waals surface area contributed by atoms with Crippen molar-refractivity contribution in [3.63, 3.8) is 0 Å². The minimum Gasteiger partial charge on any atom is -0.380 e. The van der Waals surface area contributed by atoms with Crippen molar-refractivity contribution in [1.82, 2.24) is 20.0 Å². The maximum absolute atomic E-state index is 5.67. The molecule has 0 aromatic carbocycles. The van der Waals surface area contributed by atoms with Gasteiger partial charge in [0.2, 0.25) is 0 Å². The molecule has 2 fully saturated rings. The van der Waals surface area contributed by atoms with Crippen molar-refractivity contribution in [2.45, 2.75) is 18.5 Å². The Hall–Kier alpha value is -0.200. The summed E-state index contributed by atoms with van der Waals surface area (Å²) in [7, 11) is 6.37. The number of rotatable bonds is 5. The number of ether oxygens (including phenoxy) is 1. The van der Waals surface area contributed by atoms with E-state index < -0.39 is 0 Å². The van der Waals surface area contributed by atoms with Crippen molar-refractivity contribution in [1.29, 1.82) is 0 Å². The Balaban J connectivity index is 1.75. The van der Waals surface area contributed by atoms with E-state index in [1.165, 1.54) is 32.7 Å². The lowest BCUT2D eigenvalue weighted by Crippen LogP contribution is -2.59. The molecule has 0 aliphatic carbocycles. The number of likely N-dealkylation sites (N-methyl/N-ethyl adjacent to an activating group) is 2. The Labute approximate surface area is 117 Å². The van der Waals surface area contributed by atoms with Crippen LogP contribution in [0.1, 0.15) is 6.42 Å². The first-order valence-electron chi connectivity index (χ1n) is 7.57. The first-order valence-corrected chi connectivity index (χ1v) is 7.57. The molecule has 112 valence electrons. The van der Waals surface area contributed by atoms with E-state index in [-0.39, 0.29) is 0 Å². The molecule has 0 aromatic heterocycles. The Morgan fingerprint density at radius 1 is 1.21 bits per heavy atom. The van der Waals surface area contributed by atoms with E-state index in [0.29, 0.717) is 12.1 Å². The zero-order valence-corrected chi connectivity index (χ0v) is 12.8. The quantitative estimate of drug-likeness (QED) is 0.731. The van der Waals surface area contributed by atoms with Crippen LogP contribution in [0.25, 0.3) is 0 Å². The molecule has 2 saturated heterocycles. The largest absolute Gasteiger partial charge is 0.380 e. The predicted octanol–water partition coefficient (Wildman–Crippen LogP) is -0.457. The molecule has 2 rings (SSSR count). The van der Waals surface area contributed by atoms with Crippen molar-refractivity contribution in [2.75, 3.05) is 73.6 Å². The van der Waals surface area contributed by atoms with E-state index in [1.807, 2.05) is 0 Å². The van der Waals surface area contributed by atoms with E-state index in [0.717, 1.165) is 26.2 Å². The lowest BCUT2D eigenvalue weighted by atomic mass is 10.0. The van der Waals surface area contributed by atoms with Gasteiger partial charge in [-0.05, 0) is 27.6 Å². The lowest BCUT2D eigenvalue weighted by Gasteiger charge is -2.44. The van der Waals surface area contributed by atoms with Gasteiger partial charge in [0, 0.05) is 58.0 Å². The highest BCUT2D eigenvalue weighted by molar-refractivity contribution is 4.89. The summed E-state index contributed by atoms with van der Waals surface area (Å²) < 4.78 is 5.67. The van der Waals surface area contributed by atoms with Crippen molar-refractivity contribution >= 4 is 0 Å². The van der Waals surface area contributed by atoms with Gasteiger partial charge in [-0.1, -0.05) is 0 Å². The van der Waals surface area contributed by atoms with Crippen molar-refractivity contribution in [2.24, 2.45) is 0 Å². The molecule has 0 aromatic rings. The van der Waals surface area contributed by atoms with Crippen molar-refractivity contribution in [3.05, 3.63) is 0 Å². The van der Waals surface area contributed by atoms with Crippen LogP contribution in [0.5, 0.6) is 0 Å². The molecular weight excluding hydrogens is 240 g/mol. The third-order valence-corrected chi connectivity index (χ3v) is 4.44. The van der Waals surface area contributed by atoms with Crippen LogP contribution in [0, 0.1) is 0 Å². The van der Waals surface area contributed by atoms with Crippen LogP contribution in [0.3, 0.4) is 0 Å². The highest BCUT2D eigenvalue weighted by atomic mass is 16.5. The van der Waals surface area contributed by atoms with Gasteiger partial charge in [-0.15, -0.1) is 0 Å². The van der Waals surface area contributed by atoms with Gasteiger partial charge in [0.15, 0.2) is 0 Å². The highest BCUT2D eigenvalue weighted by Gasteiger charge is 2.31. The van der Waals surface area contributed by atoms with E-state index in [1.54, 1.807) is 0 Å². The third kappa shape index (κ3) is 4.39. The summed E-state index contributed by atoms with van der Waals surface area (Å²) in [6.07, 6.45) is 1.14. The maximum atomic E-state index is 5.67. The zero-order chi connectivity index (χ0) is 13.7.